The van der Waals surface area contributed by atoms with Crippen molar-refractivity contribution in [1.82, 2.24) is 9.13 Å². The number of rotatable bonds is 8. The van der Waals surface area contributed by atoms with Crippen LogP contribution < -0.4 is 10.6 Å². The molecule has 0 aliphatic heterocycles. The Hall–Kier alpha value is -3.30. The molecule has 184 valence electrons. The van der Waals surface area contributed by atoms with Crippen LogP contribution in [0.3, 0.4) is 0 Å². The molecule has 2 heterocycles. The summed E-state index contributed by atoms with van der Waals surface area (Å²) >= 11 is 14.4. The number of nitrogens with zero attached hydrogens (tertiary/aromatic N) is 2. The predicted octanol–water partition coefficient (Wildman–Crippen LogP) is 8.91. The summed E-state index contributed by atoms with van der Waals surface area (Å²) in [5.74, 6) is 0. The van der Waals surface area contributed by atoms with Gasteiger partial charge in [-0.25, -0.2) is 0 Å². The average molecular weight is 557 g/mol. The van der Waals surface area contributed by atoms with E-state index in [4.69, 9.17) is 24.4 Å². The third-order valence-electron chi connectivity index (χ3n) is 6.35. The number of nitrogens with one attached hydrogen (secondary N) is 2. The van der Waals surface area contributed by atoms with Crippen molar-refractivity contribution in [2.75, 3.05) is 10.6 Å². The molecule has 0 fully saturated rings. The fourth-order valence-corrected chi connectivity index (χ4v) is 7.03. The van der Waals surface area contributed by atoms with Gasteiger partial charge in [0, 0.05) is 11.4 Å². The Labute approximate surface area is 233 Å². The van der Waals surface area contributed by atoms with E-state index in [-0.39, 0.29) is 0 Å². The predicted molar refractivity (Wildman–Crippen MR) is 164 cm³/mol. The highest BCUT2D eigenvalue weighted by Gasteiger charge is 2.06. The lowest BCUT2D eigenvalue weighted by Gasteiger charge is -2.11. The molecule has 2 N–H and O–H groups in total. The van der Waals surface area contributed by atoms with E-state index in [1.54, 1.807) is 22.7 Å². The second-order valence-corrected chi connectivity index (χ2v) is 12.1. The Kier molecular flexibility index (Phi) is 6.89. The molecule has 6 rings (SSSR count). The molecule has 0 radical (unpaired) electrons. The highest BCUT2D eigenvalue weighted by molar-refractivity contribution is 7.74. The zero-order valence-corrected chi connectivity index (χ0v) is 23.2. The Morgan fingerprint density at radius 2 is 0.946 bits per heavy atom. The molecule has 2 aromatic heterocycles. The lowest BCUT2D eigenvalue weighted by Crippen LogP contribution is -2.07. The molecule has 0 amide bonds. The smallest absolute Gasteiger partial charge is 0.163 e. The number of fused-ring (bicyclic) bond motifs is 2. The summed E-state index contributed by atoms with van der Waals surface area (Å²) in [4.78, 5) is 0. The topological polar surface area (TPSA) is 33.9 Å². The van der Waals surface area contributed by atoms with E-state index in [2.05, 4.69) is 117 Å². The van der Waals surface area contributed by atoms with Gasteiger partial charge in [0.1, 0.15) is 0 Å². The molecule has 0 unspecified atom stereocenters. The highest BCUT2D eigenvalue weighted by Crippen LogP contribution is 2.24. The molecule has 0 atom stereocenters. The van der Waals surface area contributed by atoms with Crippen molar-refractivity contribution in [3.05, 3.63) is 116 Å². The third kappa shape index (κ3) is 5.24. The van der Waals surface area contributed by atoms with E-state index < -0.39 is 0 Å². The molecule has 0 saturated carbocycles. The summed E-state index contributed by atoms with van der Waals surface area (Å²) in [6.45, 7) is 1.31. The normalized spacial score (nSPS) is 11.2. The Bertz CT molecular complexity index is 1660. The summed E-state index contributed by atoms with van der Waals surface area (Å²) in [5, 5.41) is 7.01. The van der Waals surface area contributed by atoms with E-state index in [1.165, 1.54) is 31.6 Å². The van der Waals surface area contributed by atoms with Crippen LogP contribution in [-0.2, 0) is 19.8 Å². The van der Waals surface area contributed by atoms with Crippen molar-refractivity contribution in [2.24, 2.45) is 0 Å². The molecule has 0 spiro atoms. The summed E-state index contributed by atoms with van der Waals surface area (Å²) in [6, 6.07) is 34.0. The minimum absolute atomic E-state index is 0.656. The zero-order valence-electron chi connectivity index (χ0n) is 19.9. The average Bonchev–Trinajstić information content (AvgIpc) is 3.42. The van der Waals surface area contributed by atoms with Crippen LogP contribution in [0, 0.1) is 7.91 Å². The van der Waals surface area contributed by atoms with Crippen LogP contribution in [-0.4, -0.2) is 9.13 Å². The van der Waals surface area contributed by atoms with Gasteiger partial charge >= 0.3 is 0 Å². The van der Waals surface area contributed by atoms with Crippen molar-refractivity contribution in [1.29, 1.82) is 0 Å². The van der Waals surface area contributed by atoms with Crippen LogP contribution in [0.5, 0.6) is 0 Å². The molecule has 0 aliphatic rings. The van der Waals surface area contributed by atoms with E-state index in [9.17, 15) is 0 Å². The monoisotopic (exact) mass is 556 g/mol. The number of aromatic nitrogens is 2. The van der Waals surface area contributed by atoms with Crippen LogP contribution >= 0.6 is 47.1 Å². The van der Waals surface area contributed by atoms with Gasteiger partial charge in [0.15, 0.2) is 7.91 Å². The van der Waals surface area contributed by atoms with Crippen molar-refractivity contribution in [3.8, 4) is 0 Å². The fraction of sp³-hybridized carbons (Fsp3) is 0.103. The van der Waals surface area contributed by atoms with Crippen molar-refractivity contribution < 1.29 is 0 Å². The van der Waals surface area contributed by atoms with Gasteiger partial charge < -0.3 is 19.8 Å². The van der Waals surface area contributed by atoms with E-state index in [1.807, 2.05) is 0 Å². The van der Waals surface area contributed by atoms with Gasteiger partial charge in [0.05, 0.1) is 33.8 Å². The summed E-state index contributed by atoms with van der Waals surface area (Å²) in [7, 11) is 0. The van der Waals surface area contributed by atoms with Crippen molar-refractivity contribution in [3.63, 3.8) is 0 Å². The van der Waals surface area contributed by atoms with Crippen LogP contribution in [0.4, 0.5) is 11.4 Å². The molecule has 0 saturated heterocycles. The Morgan fingerprint density at radius 1 is 0.541 bits per heavy atom. The quantitative estimate of drug-likeness (QED) is 0.183. The molecule has 4 nitrogen and oxygen atoms in total. The SMILES string of the molecule is S=c1sc2ccccc2n1CNc1ccc(Cc2ccc(NCn3c(=S)sc4ccccc43)cc2)cc1. The Morgan fingerprint density at radius 3 is 1.38 bits per heavy atom. The van der Waals surface area contributed by atoms with Gasteiger partial charge in [-0.15, -0.1) is 22.7 Å². The number of anilines is 2. The highest BCUT2D eigenvalue weighted by atomic mass is 32.2. The molecular weight excluding hydrogens is 533 g/mol. The van der Waals surface area contributed by atoms with Crippen LogP contribution in [0.15, 0.2) is 97.1 Å². The second-order valence-electron chi connectivity index (χ2n) is 8.77. The van der Waals surface area contributed by atoms with Gasteiger partial charge in [0.2, 0.25) is 0 Å². The first-order valence-electron chi connectivity index (χ1n) is 12.0. The molecule has 0 bridgehead atoms. The number of para-hydroxylation sites is 2. The third-order valence-corrected chi connectivity index (χ3v) is 9.21. The molecule has 0 aliphatic carbocycles. The summed E-state index contributed by atoms with van der Waals surface area (Å²) in [5.41, 5.74) is 7.07. The largest absolute Gasteiger partial charge is 0.367 e. The lowest BCUT2D eigenvalue weighted by atomic mass is 10.0. The van der Waals surface area contributed by atoms with E-state index >= 15 is 0 Å². The number of thiazole rings is 2. The van der Waals surface area contributed by atoms with Gasteiger partial charge in [-0.3, -0.25) is 0 Å². The van der Waals surface area contributed by atoms with E-state index in [0.29, 0.717) is 13.3 Å². The van der Waals surface area contributed by atoms with Gasteiger partial charge in [-0.2, -0.15) is 0 Å². The molecule has 6 aromatic rings. The van der Waals surface area contributed by atoms with Gasteiger partial charge in [-0.05, 0) is 90.5 Å². The fourth-order valence-electron chi connectivity index (χ4n) is 4.38. The van der Waals surface area contributed by atoms with Crippen LogP contribution in [0.25, 0.3) is 20.4 Å². The van der Waals surface area contributed by atoms with Crippen LogP contribution in [0.2, 0.25) is 0 Å². The van der Waals surface area contributed by atoms with Crippen molar-refractivity contribution in [2.45, 2.75) is 19.8 Å². The lowest BCUT2D eigenvalue weighted by molar-refractivity contribution is 0.807. The number of benzene rings is 4. The zero-order chi connectivity index (χ0) is 25.2. The molecule has 4 aromatic carbocycles. The first-order chi connectivity index (χ1) is 18.1. The minimum Gasteiger partial charge on any atom is -0.367 e. The summed E-state index contributed by atoms with van der Waals surface area (Å²) < 4.78 is 8.50. The van der Waals surface area contributed by atoms with Gasteiger partial charge in [-0.1, -0.05) is 48.5 Å². The molecule has 37 heavy (non-hydrogen) atoms. The first kappa shape index (κ1) is 24.1. The standard InChI is InChI=1S/C29H24N4S4/c34-28-32(24-5-1-3-7-26(24)36-28)18-30-22-13-9-20(10-14-22)17-21-11-15-23(16-12-21)31-19-33-25-6-2-4-8-27(25)37-29(33)35/h1-16,30-31H,17-19H2. The van der Waals surface area contributed by atoms with E-state index in [0.717, 1.165) is 25.7 Å². The number of hydrogen-bond donors (Lipinski definition) is 2. The minimum atomic E-state index is 0.656. The molecule has 8 heteroatoms. The molecular formula is C29H24N4S4. The summed E-state index contributed by atoms with van der Waals surface area (Å²) in [6.07, 6.45) is 0.890. The maximum Gasteiger partial charge on any atom is 0.163 e. The van der Waals surface area contributed by atoms with Gasteiger partial charge in [0.25, 0.3) is 0 Å². The van der Waals surface area contributed by atoms with Crippen LogP contribution in [0.1, 0.15) is 11.1 Å². The maximum atomic E-state index is 5.56. The van der Waals surface area contributed by atoms with Crippen molar-refractivity contribution >= 4 is 78.9 Å². The second kappa shape index (κ2) is 10.6. The first-order valence-corrected chi connectivity index (χ1v) is 14.4. The Balaban J connectivity index is 1.06. The number of hydrogen-bond acceptors (Lipinski definition) is 6. The maximum absolute atomic E-state index is 5.56.